The van der Waals surface area contributed by atoms with Gasteiger partial charge in [0, 0.05) is 37.4 Å². The fraction of sp³-hybridized carbons (Fsp3) is 0.531. The molecular weight excluding hydrogens is 476 g/mol. The summed E-state index contributed by atoms with van der Waals surface area (Å²) in [6.07, 6.45) is 7.99. The number of carbonyl (C=O) groups excluding carboxylic acids is 1. The Bertz CT molecular complexity index is 1170. The number of fused-ring (bicyclic) bond motifs is 3. The number of amides is 1. The fourth-order valence-electron chi connectivity index (χ4n) is 6.66. The summed E-state index contributed by atoms with van der Waals surface area (Å²) in [4.78, 5) is 14.9. The molecule has 2 aromatic carbocycles. The van der Waals surface area contributed by atoms with Crippen LogP contribution in [0, 0.1) is 5.92 Å². The zero-order valence-corrected chi connectivity index (χ0v) is 22.5. The second-order valence-corrected chi connectivity index (χ2v) is 11.3. The van der Waals surface area contributed by atoms with Gasteiger partial charge in [-0.1, -0.05) is 25.1 Å². The molecule has 4 aliphatic heterocycles. The lowest BCUT2D eigenvalue weighted by molar-refractivity contribution is 0.0497. The summed E-state index contributed by atoms with van der Waals surface area (Å²) in [5, 5.41) is 2.90. The van der Waals surface area contributed by atoms with Crippen molar-refractivity contribution in [2.75, 3.05) is 33.0 Å². The molecule has 38 heavy (non-hydrogen) atoms. The summed E-state index contributed by atoms with van der Waals surface area (Å²) in [6.45, 7) is 7.07. The quantitative estimate of drug-likeness (QED) is 0.470. The maximum atomic E-state index is 12.2. The molecule has 2 atom stereocenters. The Morgan fingerprint density at radius 3 is 2.50 bits per heavy atom. The lowest BCUT2D eigenvalue weighted by Crippen LogP contribution is -2.35. The van der Waals surface area contributed by atoms with E-state index in [4.69, 9.17) is 14.2 Å². The molecule has 0 radical (unpaired) electrons. The van der Waals surface area contributed by atoms with Crippen LogP contribution < -0.4 is 14.8 Å². The van der Waals surface area contributed by atoms with Crippen molar-refractivity contribution in [1.82, 2.24) is 10.2 Å². The Morgan fingerprint density at radius 1 is 0.947 bits per heavy atom. The third-order valence-electron chi connectivity index (χ3n) is 8.81. The summed E-state index contributed by atoms with van der Waals surface area (Å²) in [6, 6.07) is 15.8. The van der Waals surface area contributed by atoms with Crippen molar-refractivity contribution in [2.45, 2.75) is 70.5 Å². The van der Waals surface area contributed by atoms with E-state index in [-0.39, 0.29) is 5.91 Å². The fourth-order valence-corrected chi connectivity index (χ4v) is 6.66. The van der Waals surface area contributed by atoms with E-state index >= 15 is 0 Å². The topological polar surface area (TPSA) is 60.0 Å². The van der Waals surface area contributed by atoms with E-state index in [0.717, 1.165) is 74.7 Å². The molecule has 4 heterocycles. The van der Waals surface area contributed by atoms with Crippen LogP contribution in [-0.2, 0) is 11.3 Å². The standard InChI is InChI=1S/C32H40N2O4/c1-2-13-34-26-6-7-27(34)17-30(23-3-8-28(9-4-23)37-20-22-11-14-36-15-12-22)25(16-26)21-38-29-10-5-24-19-33-32(35)31(24)18-29/h3-5,8-10,18,22,26-27H,2,6-7,11-17,19-21H2,1H3,(H,33,35). The molecule has 2 fully saturated rings. The predicted octanol–water partition coefficient (Wildman–Crippen LogP) is 5.60. The molecule has 0 aromatic heterocycles. The van der Waals surface area contributed by atoms with Crippen LogP contribution in [0.1, 0.15) is 73.4 Å². The second kappa shape index (κ2) is 11.5. The van der Waals surface area contributed by atoms with Crippen molar-refractivity contribution < 1.29 is 19.0 Å². The maximum Gasteiger partial charge on any atom is 0.252 e. The van der Waals surface area contributed by atoms with Crippen LogP contribution in [0.4, 0.5) is 0 Å². The van der Waals surface area contributed by atoms with E-state index in [9.17, 15) is 4.79 Å². The summed E-state index contributed by atoms with van der Waals surface area (Å²) < 4.78 is 18.0. The average Bonchev–Trinajstić information content (AvgIpc) is 3.46. The molecule has 2 aromatic rings. The van der Waals surface area contributed by atoms with Crippen LogP contribution in [0.15, 0.2) is 48.0 Å². The summed E-state index contributed by atoms with van der Waals surface area (Å²) in [5.41, 5.74) is 5.87. The number of ether oxygens (including phenoxy) is 3. The number of nitrogens with one attached hydrogen (secondary N) is 1. The van der Waals surface area contributed by atoms with Gasteiger partial charge in [0.05, 0.1) is 6.61 Å². The normalized spacial score (nSPS) is 23.8. The van der Waals surface area contributed by atoms with Crippen LogP contribution in [0.3, 0.4) is 0 Å². The second-order valence-electron chi connectivity index (χ2n) is 11.3. The highest BCUT2D eigenvalue weighted by Crippen LogP contribution is 2.41. The molecule has 0 saturated carbocycles. The Labute approximate surface area is 226 Å². The van der Waals surface area contributed by atoms with E-state index in [2.05, 4.69) is 41.4 Å². The summed E-state index contributed by atoms with van der Waals surface area (Å²) in [7, 11) is 0. The van der Waals surface area contributed by atoms with Crippen molar-refractivity contribution in [3.63, 3.8) is 0 Å². The van der Waals surface area contributed by atoms with Gasteiger partial charge in [0.1, 0.15) is 18.1 Å². The minimum absolute atomic E-state index is 0.00790. The smallest absolute Gasteiger partial charge is 0.252 e. The molecule has 6 heteroatoms. The number of rotatable bonds is 9. The molecule has 4 aliphatic rings. The van der Waals surface area contributed by atoms with Gasteiger partial charge in [-0.15, -0.1) is 0 Å². The van der Waals surface area contributed by atoms with Gasteiger partial charge in [0.25, 0.3) is 5.91 Å². The molecule has 0 spiro atoms. The number of benzene rings is 2. The van der Waals surface area contributed by atoms with Gasteiger partial charge in [-0.05, 0) is 104 Å². The van der Waals surface area contributed by atoms with Crippen LogP contribution in [-0.4, -0.2) is 55.9 Å². The van der Waals surface area contributed by atoms with E-state index in [1.54, 1.807) is 0 Å². The number of nitrogens with zero attached hydrogens (tertiary/aromatic N) is 1. The third kappa shape index (κ3) is 5.48. The minimum Gasteiger partial charge on any atom is -0.493 e. The van der Waals surface area contributed by atoms with Gasteiger partial charge < -0.3 is 19.5 Å². The van der Waals surface area contributed by atoms with Gasteiger partial charge in [0.15, 0.2) is 0 Å². The van der Waals surface area contributed by atoms with Gasteiger partial charge in [-0.3, -0.25) is 9.69 Å². The van der Waals surface area contributed by atoms with E-state index < -0.39 is 0 Å². The molecule has 1 N–H and O–H groups in total. The van der Waals surface area contributed by atoms with Crippen LogP contribution in [0.5, 0.6) is 11.5 Å². The average molecular weight is 517 g/mol. The third-order valence-corrected chi connectivity index (χ3v) is 8.81. The van der Waals surface area contributed by atoms with E-state index in [1.807, 2.05) is 18.2 Å². The Kier molecular flexibility index (Phi) is 7.70. The predicted molar refractivity (Wildman–Crippen MR) is 149 cm³/mol. The first-order chi connectivity index (χ1) is 18.7. The van der Waals surface area contributed by atoms with Gasteiger partial charge in [0.2, 0.25) is 0 Å². The van der Waals surface area contributed by atoms with Gasteiger partial charge in [-0.25, -0.2) is 0 Å². The Morgan fingerprint density at radius 2 is 1.71 bits per heavy atom. The molecule has 2 unspecified atom stereocenters. The molecule has 6 rings (SSSR count). The molecule has 0 aliphatic carbocycles. The number of carbonyl (C=O) groups is 1. The van der Waals surface area contributed by atoms with Crippen molar-refractivity contribution in [1.29, 1.82) is 0 Å². The van der Waals surface area contributed by atoms with E-state index in [0.29, 0.717) is 31.2 Å². The lowest BCUT2D eigenvalue weighted by atomic mass is 9.89. The lowest BCUT2D eigenvalue weighted by Gasteiger charge is -2.27. The molecule has 1 amide bonds. The largest absolute Gasteiger partial charge is 0.493 e. The van der Waals surface area contributed by atoms with Crippen LogP contribution in [0.2, 0.25) is 0 Å². The van der Waals surface area contributed by atoms with Crippen molar-refractivity contribution in [3.05, 3.63) is 64.7 Å². The molecule has 6 nitrogen and oxygen atoms in total. The highest BCUT2D eigenvalue weighted by atomic mass is 16.5. The zero-order valence-electron chi connectivity index (χ0n) is 22.5. The first kappa shape index (κ1) is 25.4. The number of hydrogen-bond donors (Lipinski definition) is 1. The molecule has 2 saturated heterocycles. The maximum absolute atomic E-state index is 12.2. The minimum atomic E-state index is -0.00790. The Balaban J connectivity index is 1.21. The van der Waals surface area contributed by atoms with E-state index in [1.165, 1.54) is 36.0 Å². The first-order valence-electron chi connectivity index (χ1n) is 14.5. The zero-order chi connectivity index (χ0) is 25.9. The first-order valence-corrected chi connectivity index (χ1v) is 14.5. The summed E-state index contributed by atoms with van der Waals surface area (Å²) >= 11 is 0. The van der Waals surface area contributed by atoms with Crippen LogP contribution in [0.25, 0.3) is 5.57 Å². The molecule has 202 valence electrons. The SMILES string of the molecule is CCCN1C2CCC1CC(c1ccc(OCC3CCOCC3)cc1)=C(COc1ccc3c(c1)C(=O)NC3)C2. The van der Waals surface area contributed by atoms with Crippen molar-refractivity contribution in [3.8, 4) is 11.5 Å². The molecular formula is C32H40N2O4. The van der Waals surface area contributed by atoms with Crippen molar-refractivity contribution in [2.24, 2.45) is 5.92 Å². The highest BCUT2D eigenvalue weighted by molar-refractivity contribution is 5.98. The Hall–Kier alpha value is -2.83. The number of hydrogen-bond acceptors (Lipinski definition) is 5. The van der Waals surface area contributed by atoms with Crippen LogP contribution >= 0.6 is 0 Å². The summed E-state index contributed by atoms with van der Waals surface area (Å²) in [5.74, 6) is 2.29. The van der Waals surface area contributed by atoms with Gasteiger partial charge in [-0.2, -0.15) is 0 Å². The monoisotopic (exact) mass is 516 g/mol. The highest BCUT2D eigenvalue weighted by Gasteiger charge is 2.37. The van der Waals surface area contributed by atoms with Gasteiger partial charge >= 0.3 is 0 Å². The molecule has 2 bridgehead atoms. The van der Waals surface area contributed by atoms with Crippen molar-refractivity contribution >= 4 is 11.5 Å².